The third-order valence-electron chi connectivity index (χ3n) is 2.70. The van der Waals surface area contributed by atoms with Crippen LogP contribution in [0.25, 0.3) is 22.4 Å². The summed E-state index contributed by atoms with van der Waals surface area (Å²) in [6, 6.07) is 8.50. The van der Waals surface area contributed by atoms with Gasteiger partial charge in [-0.1, -0.05) is 12.1 Å². The number of aromatic nitrogens is 2. The lowest BCUT2D eigenvalue weighted by atomic mass is 10.2. The first-order valence-electron chi connectivity index (χ1n) is 5.85. The van der Waals surface area contributed by atoms with Crippen LogP contribution >= 0.6 is 23.7 Å². The summed E-state index contributed by atoms with van der Waals surface area (Å²) < 4.78 is 0.810. The van der Waals surface area contributed by atoms with Crippen molar-refractivity contribution in [1.29, 1.82) is 0 Å². The van der Waals surface area contributed by atoms with Crippen LogP contribution < -0.4 is 0 Å². The molecule has 0 atom stereocenters. The van der Waals surface area contributed by atoms with Gasteiger partial charge in [-0.15, -0.1) is 23.7 Å². The van der Waals surface area contributed by atoms with E-state index in [1.54, 1.807) is 24.5 Å². The number of nitrogens with zero attached hydrogens (tertiary/aromatic N) is 3. The van der Waals surface area contributed by atoms with E-state index in [9.17, 15) is 10.1 Å². The molecule has 0 N–H and O–H groups in total. The van der Waals surface area contributed by atoms with Crippen molar-refractivity contribution in [2.45, 2.75) is 0 Å². The number of pyridine rings is 1. The molecule has 0 spiro atoms. The highest BCUT2D eigenvalue weighted by molar-refractivity contribution is 7.19. The summed E-state index contributed by atoms with van der Waals surface area (Å²) in [5, 5.41) is 11.5. The van der Waals surface area contributed by atoms with E-state index in [2.05, 4.69) is 9.97 Å². The molecule has 0 aliphatic rings. The Labute approximate surface area is 130 Å². The van der Waals surface area contributed by atoms with Gasteiger partial charge < -0.3 is 0 Å². The Kier molecular flexibility index (Phi) is 4.62. The molecule has 21 heavy (non-hydrogen) atoms. The maximum atomic E-state index is 10.7. The molecule has 0 bridgehead atoms. The van der Waals surface area contributed by atoms with Gasteiger partial charge in [0.1, 0.15) is 5.01 Å². The van der Waals surface area contributed by atoms with E-state index in [1.807, 2.05) is 24.3 Å². The van der Waals surface area contributed by atoms with Crippen molar-refractivity contribution >= 4 is 51.8 Å². The SMILES string of the molecule is Cl.O=[N+]([O-])c1ccc2nc(/C=C/c3cccnc3)sc2c1. The van der Waals surface area contributed by atoms with Crippen molar-refractivity contribution in [3.63, 3.8) is 0 Å². The number of hydrogen-bond donors (Lipinski definition) is 0. The van der Waals surface area contributed by atoms with Gasteiger partial charge in [-0.05, 0) is 23.8 Å². The third-order valence-corrected chi connectivity index (χ3v) is 3.69. The number of non-ortho nitro benzene ring substituents is 1. The Hall–Kier alpha value is -2.31. The molecular weight excluding hydrogens is 310 g/mol. The van der Waals surface area contributed by atoms with Gasteiger partial charge in [0.05, 0.1) is 15.1 Å². The molecular formula is C14H10ClN3O2S. The number of halogens is 1. The molecule has 7 heteroatoms. The lowest BCUT2D eigenvalue weighted by Crippen LogP contribution is -1.85. The van der Waals surface area contributed by atoms with E-state index >= 15 is 0 Å². The molecule has 3 rings (SSSR count). The summed E-state index contributed by atoms with van der Waals surface area (Å²) in [5.41, 5.74) is 1.84. The second-order valence-corrected chi connectivity index (χ2v) is 5.14. The van der Waals surface area contributed by atoms with Gasteiger partial charge in [0.25, 0.3) is 5.69 Å². The quantitative estimate of drug-likeness (QED) is 0.536. The van der Waals surface area contributed by atoms with E-state index in [0.29, 0.717) is 0 Å². The summed E-state index contributed by atoms with van der Waals surface area (Å²) in [7, 11) is 0. The molecule has 0 aliphatic carbocycles. The van der Waals surface area contributed by atoms with Gasteiger partial charge in [0, 0.05) is 24.5 Å². The Bertz CT molecular complexity index is 802. The fraction of sp³-hybridized carbons (Fsp3) is 0. The summed E-state index contributed by atoms with van der Waals surface area (Å²) in [6.07, 6.45) is 7.27. The summed E-state index contributed by atoms with van der Waals surface area (Å²) in [5.74, 6) is 0. The van der Waals surface area contributed by atoms with Crippen molar-refractivity contribution in [3.05, 3.63) is 63.4 Å². The van der Waals surface area contributed by atoms with Crippen LogP contribution in [0.2, 0.25) is 0 Å². The summed E-state index contributed by atoms with van der Waals surface area (Å²) in [4.78, 5) is 18.8. The maximum absolute atomic E-state index is 10.7. The Morgan fingerprint density at radius 2 is 2.10 bits per heavy atom. The number of nitro groups is 1. The third kappa shape index (κ3) is 3.42. The molecule has 0 unspecified atom stereocenters. The average molecular weight is 320 g/mol. The van der Waals surface area contributed by atoms with Gasteiger partial charge >= 0.3 is 0 Å². The van der Waals surface area contributed by atoms with E-state index in [0.717, 1.165) is 20.8 Å². The van der Waals surface area contributed by atoms with Crippen molar-refractivity contribution in [2.75, 3.05) is 0 Å². The molecule has 2 aromatic heterocycles. The van der Waals surface area contributed by atoms with E-state index < -0.39 is 4.92 Å². The zero-order valence-electron chi connectivity index (χ0n) is 10.7. The number of benzene rings is 1. The first-order chi connectivity index (χ1) is 9.72. The van der Waals surface area contributed by atoms with Gasteiger partial charge in [-0.3, -0.25) is 15.1 Å². The van der Waals surface area contributed by atoms with Crippen LogP contribution in [0, 0.1) is 10.1 Å². The van der Waals surface area contributed by atoms with Gasteiger partial charge in [-0.25, -0.2) is 4.98 Å². The maximum Gasteiger partial charge on any atom is 0.270 e. The lowest BCUT2D eigenvalue weighted by Gasteiger charge is -1.88. The fourth-order valence-electron chi connectivity index (χ4n) is 1.76. The second-order valence-electron chi connectivity index (χ2n) is 4.08. The minimum atomic E-state index is -0.399. The largest absolute Gasteiger partial charge is 0.270 e. The Morgan fingerprint density at radius 1 is 1.24 bits per heavy atom. The average Bonchev–Trinajstić information content (AvgIpc) is 2.88. The van der Waals surface area contributed by atoms with Crippen LogP contribution in [0.5, 0.6) is 0 Å². The molecule has 0 aliphatic heterocycles. The molecule has 0 amide bonds. The Balaban J connectivity index is 0.00000161. The lowest BCUT2D eigenvalue weighted by molar-refractivity contribution is -0.384. The fourth-order valence-corrected chi connectivity index (χ4v) is 2.66. The van der Waals surface area contributed by atoms with Crippen LogP contribution in [-0.4, -0.2) is 14.9 Å². The normalized spacial score (nSPS) is 10.7. The smallest absolute Gasteiger partial charge is 0.264 e. The zero-order valence-corrected chi connectivity index (χ0v) is 12.3. The topological polar surface area (TPSA) is 68.9 Å². The van der Waals surface area contributed by atoms with Crippen molar-refractivity contribution in [1.82, 2.24) is 9.97 Å². The van der Waals surface area contributed by atoms with E-state index in [-0.39, 0.29) is 18.1 Å². The molecule has 5 nitrogen and oxygen atoms in total. The van der Waals surface area contributed by atoms with Crippen molar-refractivity contribution < 1.29 is 4.92 Å². The summed E-state index contributed by atoms with van der Waals surface area (Å²) in [6.45, 7) is 0. The first kappa shape index (κ1) is 15.1. The molecule has 0 radical (unpaired) electrons. The van der Waals surface area contributed by atoms with Crippen LogP contribution in [0.1, 0.15) is 10.6 Å². The number of fused-ring (bicyclic) bond motifs is 1. The minimum Gasteiger partial charge on any atom is -0.264 e. The highest BCUT2D eigenvalue weighted by atomic mass is 35.5. The number of hydrogen-bond acceptors (Lipinski definition) is 5. The molecule has 1 aromatic carbocycles. The van der Waals surface area contributed by atoms with Crippen molar-refractivity contribution in [2.24, 2.45) is 0 Å². The Morgan fingerprint density at radius 3 is 2.81 bits per heavy atom. The van der Waals surface area contributed by atoms with E-state index in [4.69, 9.17) is 0 Å². The number of thiazole rings is 1. The summed E-state index contributed by atoms with van der Waals surface area (Å²) >= 11 is 1.43. The molecule has 2 heterocycles. The highest BCUT2D eigenvalue weighted by Gasteiger charge is 2.08. The van der Waals surface area contributed by atoms with Gasteiger partial charge in [-0.2, -0.15) is 0 Å². The first-order valence-corrected chi connectivity index (χ1v) is 6.67. The molecule has 3 aromatic rings. The molecule has 106 valence electrons. The van der Waals surface area contributed by atoms with E-state index in [1.165, 1.54) is 17.4 Å². The molecule has 0 saturated carbocycles. The number of nitro benzene ring substituents is 1. The minimum absolute atomic E-state index is 0. The standard InChI is InChI=1S/C14H9N3O2S.ClH/c18-17(19)11-4-5-12-13(8-11)20-14(16-12)6-3-10-2-1-7-15-9-10;/h1-9H;1H/b6-3+;. The predicted octanol–water partition coefficient (Wildman–Crippen LogP) is 4.19. The molecule has 0 saturated heterocycles. The van der Waals surface area contributed by atoms with Crippen molar-refractivity contribution in [3.8, 4) is 0 Å². The van der Waals surface area contributed by atoms with Crippen LogP contribution in [0.15, 0.2) is 42.7 Å². The van der Waals surface area contributed by atoms with Gasteiger partial charge in [0.15, 0.2) is 0 Å². The monoisotopic (exact) mass is 319 g/mol. The molecule has 0 fully saturated rings. The van der Waals surface area contributed by atoms with Gasteiger partial charge in [0.2, 0.25) is 0 Å². The van der Waals surface area contributed by atoms with Crippen LogP contribution in [0.4, 0.5) is 5.69 Å². The number of rotatable bonds is 3. The highest BCUT2D eigenvalue weighted by Crippen LogP contribution is 2.27. The van der Waals surface area contributed by atoms with Crippen LogP contribution in [0.3, 0.4) is 0 Å². The second kappa shape index (κ2) is 6.43. The zero-order chi connectivity index (χ0) is 13.9. The van der Waals surface area contributed by atoms with Crippen LogP contribution in [-0.2, 0) is 0 Å². The predicted molar refractivity (Wildman–Crippen MR) is 86.7 cm³/mol.